The zero-order valence-electron chi connectivity index (χ0n) is 15.1. The van der Waals surface area contributed by atoms with Gasteiger partial charge in [-0.2, -0.15) is 0 Å². The summed E-state index contributed by atoms with van der Waals surface area (Å²) < 4.78 is 19.0. The first-order chi connectivity index (χ1) is 11.7. The lowest BCUT2D eigenvalue weighted by Crippen LogP contribution is -2.42. The number of carbonyl (C=O) groups excluding carboxylic acids is 1. The Bertz CT molecular complexity index is 453. The number of nitrogens with one attached hydrogen (secondary N) is 1. The maximum Gasteiger partial charge on any atom is 0.407 e. The molecule has 6 nitrogen and oxygen atoms in total. The number of pyridine rings is 1. The Kier molecular flexibility index (Phi) is 10.3. The highest BCUT2D eigenvalue weighted by Gasteiger charge is 2.34. The van der Waals surface area contributed by atoms with Crippen molar-refractivity contribution in [2.45, 2.75) is 45.8 Å². The lowest BCUT2D eigenvalue weighted by molar-refractivity contribution is -0.697. The third kappa shape index (κ3) is 7.90. The number of alkyl carbamates (subject to hydrolysis) is 1. The number of aromatic nitrogens is 1. The zero-order valence-corrected chi connectivity index (χ0v) is 16.1. The molecule has 0 aliphatic carbocycles. The molecule has 136 valence electrons. The summed E-state index contributed by atoms with van der Waals surface area (Å²) in [5.74, 6) is 0. The van der Waals surface area contributed by atoms with E-state index >= 15 is 0 Å². The van der Waals surface area contributed by atoms with Crippen molar-refractivity contribution in [1.29, 1.82) is 0 Å². The lowest BCUT2D eigenvalue weighted by atomic mass is 10.5. The molecule has 1 rings (SSSR count). The number of rotatable bonds is 12. The van der Waals surface area contributed by atoms with Crippen LogP contribution in [-0.4, -0.2) is 41.0 Å². The first-order valence-corrected chi connectivity index (χ1v) is 11.0. The Morgan fingerprint density at radius 2 is 1.75 bits per heavy atom. The van der Waals surface area contributed by atoms with E-state index in [0.717, 1.165) is 18.5 Å². The summed E-state index contributed by atoms with van der Waals surface area (Å²) in [5.41, 5.74) is 0. The van der Waals surface area contributed by atoms with E-state index in [1.54, 1.807) is 0 Å². The van der Waals surface area contributed by atoms with Crippen molar-refractivity contribution in [2.75, 3.05) is 26.4 Å². The monoisotopic (exact) mass is 355 g/mol. The van der Waals surface area contributed by atoms with Crippen LogP contribution in [0.25, 0.3) is 0 Å². The maximum atomic E-state index is 11.7. The first kappa shape index (κ1) is 20.6. The minimum atomic E-state index is -2.11. The van der Waals surface area contributed by atoms with Gasteiger partial charge in [0.05, 0.1) is 0 Å². The van der Waals surface area contributed by atoms with Crippen LogP contribution in [0.2, 0.25) is 12.1 Å². The molecule has 0 spiro atoms. The van der Waals surface area contributed by atoms with Crippen molar-refractivity contribution < 1.29 is 23.0 Å². The van der Waals surface area contributed by atoms with Gasteiger partial charge in [0.1, 0.15) is 0 Å². The van der Waals surface area contributed by atoms with Crippen LogP contribution < -0.4 is 9.88 Å². The second-order valence-electron chi connectivity index (χ2n) is 5.41. The molecule has 0 aliphatic heterocycles. The maximum absolute atomic E-state index is 11.7. The van der Waals surface area contributed by atoms with Gasteiger partial charge in [-0.3, -0.25) is 0 Å². The van der Waals surface area contributed by atoms with E-state index < -0.39 is 8.56 Å². The molecule has 0 aromatic carbocycles. The summed E-state index contributed by atoms with van der Waals surface area (Å²) in [6.45, 7) is 9.03. The first-order valence-electron chi connectivity index (χ1n) is 8.78. The summed E-state index contributed by atoms with van der Waals surface area (Å²) in [7, 11) is -2.11. The predicted octanol–water partition coefficient (Wildman–Crippen LogP) is 2.63. The van der Waals surface area contributed by atoms with Crippen molar-refractivity contribution in [3.8, 4) is 0 Å². The number of hydrogen-bond acceptors (Lipinski definition) is 4. The number of carbonyl (C=O) groups is 1. The quantitative estimate of drug-likeness (QED) is 0.356. The molecule has 0 saturated carbocycles. The fraction of sp³-hybridized carbons (Fsp3) is 0.647. The van der Waals surface area contributed by atoms with E-state index in [4.69, 9.17) is 13.6 Å². The molecule has 1 aromatic rings. The predicted molar refractivity (Wildman–Crippen MR) is 94.9 cm³/mol. The Morgan fingerprint density at radius 1 is 1.08 bits per heavy atom. The van der Waals surface area contributed by atoms with Crippen LogP contribution >= 0.6 is 0 Å². The number of amides is 1. The second-order valence-corrected chi connectivity index (χ2v) is 9.02. The third-order valence-corrected chi connectivity index (χ3v) is 7.54. The van der Waals surface area contributed by atoms with Crippen molar-refractivity contribution in [2.24, 2.45) is 0 Å². The molecule has 1 N–H and O–H groups in total. The summed E-state index contributed by atoms with van der Waals surface area (Å²) in [4.78, 5) is 11.7. The van der Waals surface area contributed by atoms with Gasteiger partial charge in [0.15, 0.2) is 25.5 Å². The average molecular weight is 356 g/mol. The molecule has 24 heavy (non-hydrogen) atoms. The van der Waals surface area contributed by atoms with Gasteiger partial charge in [0.25, 0.3) is 0 Å². The second kappa shape index (κ2) is 12.0. The van der Waals surface area contributed by atoms with Crippen LogP contribution in [0.1, 0.15) is 27.2 Å². The summed E-state index contributed by atoms with van der Waals surface area (Å²) in [6, 6.07) is 7.65. The Balaban J connectivity index is 2.19. The smallest absolute Gasteiger partial charge is 0.407 e. The SMILES string of the molecule is CCO[Si](CC)(CCCNC(=O)OCC[n+]1ccccc1)OCC. The number of ether oxygens (including phenoxy) is 1. The molecule has 1 aromatic heterocycles. The van der Waals surface area contributed by atoms with Crippen LogP contribution in [0.3, 0.4) is 0 Å². The summed E-state index contributed by atoms with van der Waals surface area (Å²) in [5, 5.41) is 2.79. The van der Waals surface area contributed by atoms with E-state index in [1.807, 2.05) is 49.0 Å². The normalized spacial score (nSPS) is 11.3. The van der Waals surface area contributed by atoms with Gasteiger partial charge in [0, 0.05) is 31.9 Å². The number of hydrogen-bond donors (Lipinski definition) is 1. The fourth-order valence-electron chi connectivity index (χ4n) is 2.52. The topological polar surface area (TPSA) is 60.7 Å². The third-order valence-electron chi connectivity index (χ3n) is 3.72. The zero-order chi connectivity index (χ0) is 17.7. The van der Waals surface area contributed by atoms with Crippen LogP contribution in [-0.2, 0) is 20.1 Å². The van der Waals surface area contributed by atoms with Crippen molar-refractivity contribution in [3.63, 3.8) is 0 Å². The molecule has 0 unspecified atom stereocenters. The highest BCUT2D eigenvalue weighted by molar-refractivity contribution is 6.67. The largest absolute Gasteiger partial charge is 0.443 e. The Hall–Kier alpha value is -1.44. The molecule has 7 heteroatoms. The van der Waals surface area contributed by atoms with Gasteiger partial charge in [-0.1, -0.05) is 13.0 Å². The Labute approximate surface area is 146 Å². The molecule has 0 saturated heterocycles. The van der Waals surface area contributed by atoms with E-state index in [1.165, 1.54) is 0 Å². The van der Waals surface area contributed by atoms with Crippen LogP contribution in [0.5, 0.6) is 0 Å². The van der Waals surface area contributed by atoms with Crippen molar-refractivity contribution in [3.05, 3.63) is 30.6 Å². The van der Waals surface area contributed by atoms with E-state index in [9.17, 15) is 4.79 Å². The van der Waals surface area contributed by atoms with Gasteiger partial charge in [0.2, 0.25) is 0 Å². The molecule has 0 atom stereocenters. The van der Waals surface area contributed by atoms with E-state index in [-0.39, 0.29) is 6.09 Å². The molecule has 0 aliphatic rings. The number of nitrogens with zero attached hydrogens (tertiary/aromatic N) is 1. The van der Waals surface area contributed by atoms with Crippen LogP contribution in [0.4, 0.5) is 4.79 Å². The highest BCUT2D eigenvalue weighted by Crippen LogP contribution is 2.20. The molecule has 1 heterocycles. The Morgan fingerprint density at radius 3 is 2.33 bits per heavy atom. The molecular weight excluding hydrogens is 324 g/mol. The molecule has 0 radical (unpaired) electrons. The minimum Gasteiger partial charge on any atom is -0.443 e. The highest BCUT2D eigenvalue weighted by atomic mass is 28.4. The lowest BCUT2D eigenvalue weighted by Gasteiger charge is -2.28. The van der Waals surface area contributed by atoms with Crippen LogP contribution in [0, 0.1) is 0 Å². The van der Waals surface area contributed by atoms with Crippen LogP contribution in [0.15, 0.2) is 30.6 Å². The van der Waals surface area contributed by atoms with E-state index in [0.29, 0.717) is 32.9 Å². The van der Waals surface area contributed by atoms with Crippen molar-refractivity contribution >= 4 is 14.7 Å². The molecule has 0 fully saturated rings. The molecule has 1 amide bonds. The van der Waals surface area contributed by atoms with Gasteiger partial charge >= 0.3 is 14.7 Å². The minimum absolute atomic E-state index is 0.353. The van der Waals surface area contributed by atoms with Gasteiger partial charge < -0.3 is 18.9 Å². The molecule has 0 bridgehead atoms. The molecular formula is C17H31N2O4Si+. The van der Waals surface area contributed by atoms with Gasteiger partial charge in [-0.15, -0.1) is 0 Å². The standard InChI is InChI=1S/C17H30N2O4Si/c1-4-22-24(6-3,23-5-2)16-10-11-18-17(20)21-15-14-19-12-8-7-9-13-19/h7-9,12-13H,4-6,10-11,14-16H2,1-3H3/p+1. The summed E-state index contributed by atoms with van der Waals surface area (Å²) in [6.07, 6.45) is 4.35. The van der Waals surface area contributed by atoms with Gasteiger partial charge in [-0.05, 0) is 32.4 Å². The van der Waals surface area contributed by atoms with Crippen molar-refractivity contribution in [1.82, 2.24) is 5.32 Å². The fourth-order valence-corrected chi connectivity index (χ4v) is 5.42. The van der Waals surface area contributed by atoms with E-state index in [2.05, 4.69) is 12.2 Å². The van der Waals surface area contributed by atoms with Gasteiger partial charge in [-0.25, -0.2) is 9.36 Å². The average Bonchev–Trinajstić information content (AvgIpc) is 2.60. The summed E-state index contributed by atoms with van der Waals surface area (Å²) >= 11 is 0.